The lowest BCUT2D eigenvalue weighted by Crippen LogP contribution is -2.53. The first-order valence-corrected chi connectivity index (χ1v) is 10.4. The first-order valence-electron chi connectivity index (χ1n) is 10.4. The quantitative estimate of drug-likeness (QED) is 0.454. The second-order valence-corrected chi connectivity index (χ2v) is 8.20. The number of rotatable bonds is 3. The summed E-state index contributed by atoms with van der Waals surface area (Å²) in [5.74, 6) is -3.38. The molecular formula is C24H21FN2O5. The molecule has 2 atom stereocenters. The van der Waals surface area contributed by atoms with E-state index < -0.39 is 34.7 Å². The zero-order valence-corrected chi connectivity index (χ0v) is 17.4. The summed E-state index contributed by atoms with van der Waals surface area (Å²) in [5.41, 5.74) is -1.01. The van der Waals surface area contributed by atoms with Crippen molar-refractivity contribution in [1.82, 2.24) is 4.90 Å². The Hall–Kier alpha value is -3.52. The molecule has 0 radical (unpaired) electrons. The molecule has 164 valence electrons. The molecule has 0 aromatic heterocycles. The van der Waals surface area contributed by atoms with Crippen molar-refractivity contribution in [2.24, 2.45) is 0 Å². The monoisotopic (exact) mass is 436 g/mol. The maximum atomic E-state index is 13.8. The summed E-state index contributed by atoms with van der Waals surface area (Å²) in [7, 11) is 1.57. The van der Waals surface area contributed by atoms with Gasteiger partial charge in [0.15, 0.2) is 5.54 Å². The van der Waals surface area contributed by atoms with Gasteiger partial charge in [-0.25, -0.2) is 4.39 Å². The van der Waals surface area contributed by atoms with E-state index in [1.807, 2.05) is 0 Å². The lowest BCUT2D eigenvalue weighted by Gasteiger charge is -2.35. The van der Waals surface area contributed by atoms with Crippen molar-refractivity contribution in [2.75, 3.05) is 25.1 Å². The molecule has 3 heterocycles. The molecule has 7 nitrogen and oxygen atoms in total. The molecule has 0 bridgehead atoms. The highest BCUT2D eigenvalue weighted by Gasteiger charge is 2.66. The standard InChI is InChI=1S/C24H21FN2O5/c1-26-18-7-3-2-6-17(18)24(23(26)31)19(20(28)14-8-10-15(25)11-9-14)21(29)22(30)27(24)13-16-5-4-12-32-16/h2-3,6-11,16,28H,4-5,12-13H2,1H3/t16-,24+/m0/s1. The van der Waals surface area contributed by atoms with Crippen LogP contribution in [0.3, 0.4) is 0 Å². The van der Waals surface area contributed by atoms with Crippen molar-refractivity contribution in [3.05, 3.63) is 71.0 Å². The van der Waals surface area contributed by atoms with E-state index in [0.717, 1.165) is 18.6 Å². The number of para-hydroxylation sites is 1. The van der Waals surface area contributed by atoms with Crippen LogP contribution in [0.5, 0.6) is 0 Å². The Labute approximate surface area is 183 Å². The number of carbonyl (C=O) groups excluding carboxylic acids is 3. The van der Waals surface area contributed by atoms with Gasteiger partial charge in [-0.1, -0.05) is 18.2 Å². The number of carbonyl (C=O) groups is 3. The molecule has 0 saturated carbocycles. The molecule has 2 amide bonds. The van der Waals surface area contributed by atoms with Crippen molar-refractivity contribution in [3.63, 3.8) is 0 Å². The van der Waals surface area contributed by atoms with Crippen molar-refractivity contribution in [1.29, 1.82) is 0 Å². The number of nitrogens with zero attached hydrogens (tertiary/aromatic N) is 2. The SMILES string of the molecule is CN1C(=O)[C@]2(C(=C(O)c3ccc(F)cc3)C(=O)C(=O)N2C[C@@H]2CCCO2)c2ccccc21. The smallest absolute Gasteiger partial charge is 0.296 e. The first kappa shape index (κ1) is 20.4. The number of benzene rings is 2. The summed E-state index contributed by atoms with van der Waals surface area (Å²) in [6.45, 7) is 0.584. The fourth-order valence-corrected chi connectivity index (χ4v) is 4.97. The minimum atomic E-state index is -1.82. The largest absolute Gasteiger partial charge is 0.507 e. The van der Waals surface area contributed by atoms with Crippen LogP contribution in [-0.2, 0) is 24.7 Å². The number of likely N-dealkylation sites (N-methyl/N-ethyl adjacent to an activating group) is 1. The predicted molar refractivity (Wildman–Crippen MR) is 113 cm³/mol. The molecule has 2 aromatic carbocycles. The van der Waals surface area contributed by atoms with Gasteiger partial charge in [0.2, 0.25) is 0 Å². The number of aliphatic hydroxyl groups is 1. The molecule has 2 saturated heterocycles. The Morgan fingerprint density at radius 3 is 2.56 bits per heavy atom. The van der Waals surface area contributed by atoms with Gasteiger partial charge in [0.05, 0.1) is 11.7 Å². The number of hydrogen-bond donors (Lipinski definition) is 1. The van der Waals surface area contributed by atoms with Crippen molar-refractivity contribution in [3.8, 4) is 0 Å². The lowest BCUT2D eigenvalue weighted by molar-refractivity contribution is -0.145. The Kier molecular flexibility index (Phi) is 4.63. The van der Waals surface area contributed by atoms with Gasteiger partial charge in [-0.3, -0.25) is 14.4 Å². The second-order valence-electron chi connectivity index (χ2n) is 8.20. The fraction of sp³-hybridized carbons (Fsp3) is 0.292. The van der Waals surface area contributed by atoms with E-state index in [0.29, 0.717) is 24.3 Å². The average Bonchev–Trinajstić information content (AvgIpc) is 3.45. The van der Waals surface area contributed by atoms with Crippen LogP contribution in [-0.4, -0.2) is 53.9 Å². The molecule has 3 aliphatic rings. The van der Waals surface area contributed by atoms with Gasteiger partial charge >= 0.3 is 0 Å². The van der Waals surface area contributed by atoms with Gasteiger partial charge in [0, 0.05) is 37.0 Å². The van der Waals surface area contributed by atoms with Crippen LogP contribution in [0.2, 0.25) is 0 Å². The number of aliphatic hydroxyl groups excluding tert-OH is 1. The molecule has 0 unspecified atom stereocenters. The van der Waals surface area contributed by atoms with E-state index in [-0.39, 0.29) is 23.8 Å². The highest BCUT2D eigenvalue weighted by Crippen LogP contribution is 2.53. The van der Waals surface area contributed by atoms with E-state index in [9.17, 15) is 23.9 Å². The summed E-state index contributed by atoms with van der Waals surface area (Å²) < 4.78 is 19.2. The van der Waals surface area contributed by atoms with Crippen LogP contribution >= 0.6 is 0 Å². The van der Waals surface area contributed by atoms with Crippen molar-refractivity contribution < 1.29 is 28.6 Å². The van der Waals surface area contributed by atoms with Crippen LogP contribution < -0.4 is 4.90 Å². The molecule has 8 heteroatoms. The minimum absolute atomic E-state index is 0.0404. The molecule has 3 aliphatic heterocycles. The van der Waals surface area contributed by atoms with E-state index in [1.54, 1.807) is 31.3 Å². The number of hydrogen-bond acceptors (Lipinski definition) is 5. The molecule has 5 rings (SSSR count). The molecule has 2 aromatic rings. The van der Waals surface area contributed by atoms with E-state index >= 15 is 0 Å². The number of anilines is 1. The number of fused-ring (bicyclic) bond motifs is 2. The highest BCUT2D eigenvalue weighted by molar-refractivity contribution is 6.50. The Bertz CT molecular complexity index is 1170. The van der Waals surface area contributed by atoms with E-state index in [2.05, 4.69) is 0 Å². The third-order valence-electron chi connectivity index (χ3n) is 6.47. The summed E-state index contributed by atoms with van der Waals surface area (Å²) in [5, 5.41) is 11.2. The Morgan fingerprint density at radius 1 is 1.16 bits per heavy atom. The van der Waals surface area contributed by atoms with Gasteiger partial charge < -0.3 is 19.6 Å². The minimum Gasteiger partial charge on any atom is -0.507 e. The predicted octanol–water partition coefficient (Wildman–Crippen LogP) is 2.56. The third kappa shape index (κ3) is 2.65. The Morgan fingerprint density at radius 2 is 1.88 bits per heavy atom. The van der Waals surface area contributed by atoms with Gasteiger partial charge in [-0.05, 0) is 43.2 Å². The average molecular weight is 436 g/mol. The normalized spacial score (nSPS) is 26.4. The number of halogens is 1. The summed E-state index contributed by atoms with van der Waals surface area (Å²) >= 11 is 0. The zero-order valence-electron chi connectivity index (χ0n) is 17.4. The number of amides is 2. The maximum absolute atomic E-state index is 13.8. The Balaban J connectivity index is 1.79. The topological polar surface area (TPSA) is 87.2 Å². The molecule has 1 spiro atoms. The van der Waals surface area contributed by atoms with Crippen molar-refractivity contribution >= 4 is 29.0 Å². The lowest BCUT2D eigenvalue weighted by atomic mass is 9.81. The maximum Gasteiger partial charge on any atom is 0.296 e. The molecular weight excluding hydrogens is 415 g/mol. The number of ketones is 1. The molecule has 0 aliphatic carbocycles. The van der Waals surface area contributed by atoms with Gasteiger partial charge in [-0.15, -0.1) is 0 Å². The highest BCUT2D eigenvalue weighted by atomic mass is 19.1. The van der Waals surface area contributed by atoms with E-state index in [1.165, 1.54) is 21.9 Å². The van der Waals surface area contributed by atoms with Gasteiger partial charge in [0.25, 0.3) is 17.6 Å². The summed E-state index contributed by atoms with van der Waals surface area (Å²) in [6, 6.07) is 11.8. The zero-order chi connectivity index (χ0) is 22.6. The summed E-state index contributed by atoms with van der Waals surface area (Å²) in [4.78, 5) is 43.0. The van der Waals surface area contributed by atoms with Crippen LogP contribution in [0.4, 0.5) is 10.1 Å². The second kappa shape index (κ2) is 7.27. The molecule has 1 N–H and O–H groups in total. The summed E-state index contributed by atoms with van der Waals surface area (Å²) in [6.07, 6.45) is 1.20. The van der Waals surface area contributed by atoms with Crippen LogP contribution in [0.1, 0.15) is 24.0 Å². The van der Waals surface area contributed by atoms with Crippen molar-refractivity contribution in [2.45, 2.75) is 24.5 Å². The number of Topliss-reactive ketones (excluding diaryl/α,β-unsaturated/α-hetero) is 1. The molecule has 2 fully saturated rings. The van der Waals surface area contributed by atoms with E-state index in [4.69, 9.17) is 4.74 Å². The van der Waals surface area contributed by atoms with Crippen LogP contribution in [0.15, 0.2) is 54.1 Å². The van der Waals surface area contributed by atoms with Gasteiger partial charge in [-0.2, -0.15) is 0 Å². The number of ether oxygens (including phenoxy) is 1. The third-order valence-corrected chi connectivity index (χ3v) is 6.47. The molecule has 32 heavy (non-hydrogen) atoms. The van der Waals surface area contributed by atoms with Gasteiger partial charge in [0.1, 0.15) is 11.6 Å². The number of likely N-dealkylation sites (tertiary alicyclic amines) is 1. The fourth-order valence-electron chi connectivity index (χ4n) is 4.97. The first-order chi connectivity index (χ1) is 15.4. The van der Waals surface area contributed by atoms with Crippen LogP contribution in [0, 0.1) is 5.82 Å². The van der Waals surface area contributed by atoms with Crippen LogP contribution in [0.25, 0.3) is 5.76 Å².